The molecule has 0 saturated heterocycles. The number of rotatable bonds is 7. The molecule has 0 aromatic heterocycles. The van der Waals surface area contributed by atoms with Crippen molar-refractivity contribution in [3.63, 3.8) is 0 Å². The summed E-state index contributed by atoms with van der Waals surface area (Å²) < 4.78 is 46.3. The Bertz CT molecular complexity index is 536. The summed E-state index contributed by atoms with van der Waals surface area (Å²) in [7, 11) is 2.61. The largest absolute Gasteiger partial charge is 0.492 e. The lowest BCUT2D eigenvalue weighted by molar-refractivity contribution is 0.184. The Morgan fingerprint density at radius 1 is 1.32 bits per heavy atom. The third kappa shape index (κ3) is 5.25. The summed E-state index contributed by atoms with van der Waals surface area (Å²) in [5.74, 6) is -0.705. The van der Waals surface area contributed by atoms with Gasteiger partial charge in [0.1, 0.15) is 16.5 Å². The van der Waals surface area contributed by atoms with Crippen molar-refractivity contribution in [2.75, 3.05) is 20.3 Å². The zero-order chi connectivity index (χ0) is 14.5. The lowest BCUT2D eigenvalue weighted by Gasteiger charge is -2.09. The van der Waals surface area contributed by atoms with Crippen LogP contribution in [0, 0.1) is 5.82 Å². The van der Waals surface area contributed by atoms with E-state index in [1.807, 2.05) is 0 Å². The molecule has 0 radical (unpaired) electrons. The van der Waals surface area contributed by atoms with Crippen LogP contribution in [0.4, 0.5) is 4.39 Å². The molecule has 0 N–H and O–H groups in total. The van der Waals surface area contributed by atoms with Crippen LogP contribution in [0.2, 0.25) is 0 Å². The number of ether oxygens (including phenoxy) is 2. The van der Waals surface area contributed by atoms with Crippen molar-refractivity contribution in [3.8, 4) is 5.75 Å². The van der Waals surface area contributed by atoms with E-state index in [1.165, 1.54) is 0 Å². The number of hydrogen-bond donors (Lipinski definition) is 0. The first kappa shape index (κ1) is 16.7. The highest BCUT2D eigenvalue weighted by atomic mass is 79.9. The Balaban J connectivity index is 2.74. The van der Waals surface area contributed by atoms with Crippen molar-refractivity contribution >= 4 is 35.7 Å². The van der Waals surface area contributed by atoms with E-state index in [1.54, 1.807) is 7.11 Å². The van der Waals surface area contributed by atoms with Crippen LogP contribution in [0.5, 0.6) is 5.75 Å². The van der Waals surface area contributed by atoms with E-state index in [0.717, 1.165) is 25.0 Å². The first-order chi connectivity index (χ1) is 8.86. The van der Waals surface area contributed by atoms with Crippen LogP contribution in [0.15, 0.2) is 21.5 Å². The van der Waals surface area contributed by atoms with Crippen molar-refractivity contribution in [3.05, 3.63) is 22.4 Å². The van der Waals surface area contributed by atoms with Gasteiger partial charge in [-0.25, -0.2) is 12.8 Å². The minimum absolute atomic E-state index is 0.235. The second-order valence-electron chi connectivity index (χ2n) is 3.70. The summed E-state index contributed by atoms with van der Waals surface area (Å²) in [6.45, 7) is 1.01. The van der Waals surface area contributed by atoms with E-state index in [2.05, 4.69) is 15.9 Å². The van der Waals surface area contributed by atoms with Crippen LogP contribution >= 0.6 is 26.6 Å². The molecule has 0 spiro atoms. The van der Waals surface area contributed by atoms with Crippen molar-refractivity contribution < 1.29 is 22.3 Å². The van der Waals surface area contributed by atoms with Gasteiger partial charge in [0.15, 0.2) is 0 Å². The van der Waals surface area contributed by atoms with Crippen molar-refractivity contribution in [2.24, 2.45) is 0 Å². The van der Waals surface area contributed by atoms with Gasteiger partial charge in [0.05, 0.1) is 11.1 Å². The quantitative estimate of drug-likeness (QED) is 0.542. The van der Waals surface area contributed by atoms with Crippen molar-refractivity contribution in [1.82, 2.24) is 0 Å². The van der Waals surface area contributed by atoms with Crippen LogP contribution in [0.3, 0.4) is 0 Å². The lowest BCUT2D eigenvalue weighted by Crippen LogP contribution is -2.02. The number of benzene rings is 1. The summed E-state index contributed by atoms with van der Waals surface area (Å²) in [6.07, 6.45) is 1.57. The molecule has 1 rings (SSSR count). The summed E-state index contributed by atoms with van der Waals surface area (Å²) in [5, 5.41) is 0. The molecule has 0 aliphatic carbocycles. The SMILES string of the molecule is COCCCCOc1cc(F)c(S(=O)(=O)Cl)cc1Br. The van der Waals surface area contributed by atoms with Crippen LogP contribution in [-0.4, -0.2) is 28.7 Å². The van der Waals surface area contributed by atoms with E-state index in [-0.39, 0.29) is 5.75 Å². The molecule has 8 heteroatoms. The fraction of sp³-hybridized carbons (Fsp3) is 0.455. The van der Waals surface area contributed by atoms with Crippen LogP contribution in [0.1, 0.15) is 12.8 Å². The molecule has 0 bridgehead atoms. The predicted octanol–water partition coefficient (Wildman–Crippen LogP) is 3.32. The van der Waals surface area contributed by atoms with Gasteiger partial charge >= 0.3 is 0 Å². The second kappa shape index (κ2) is 7.42. The molecule has 0 saturated carbocycles. The molecule has 4 nitrogen and oxygen atoms in total. The van der Waals surface area contributed by atoms with Gasteiger partial charge in [0.2, 0.25) is 0 Å². The minimum atomic E-state index is -4.11. The Kier molecular flexibility index (Phi) is 6.52. The van der Waals surface area contributed by atoms with E-state index < -0.39 is 19.8 Å². The highest BCUT2D eigenvalue weighted by Crippen LogP contribution is 2.31. The third-order valence-corrected chi connectivity index (χ3v) is 4.21. The molecule has 0 fully saturated rings. The first-order valence-corrected chi connectivity index (χ1v) is 8.52. The maximum atomic E-state index is 13.6. The molecule has 0 aliphatic heterocycles. The smallest absolute Gasteiger partial charge is 0.264 e. The van der Waals surface area contributed by atoms with E-state index in [4.69, 9.17) is 20.2 Å². The molecular formula is C11H13BrClFO4S. The highest BCUT2D eigenvalue weighted by Gasteiger charge is 2.19. The van der Waals surface area contributed by atoms with E-state index in [0.29, 0.717) is 17.7 Å². The fourth-order valence-electron chi connectivity index (χ4n) is 1.34. The molecule has 1 aromatic rings. The summed E-state index contributed by atoms with van der Waals surface area (Å²) >= 11 is 3.12. The summed E-state index contributed by atoms with van der Waals surface area (Å²) in [5.41, 5.74) is 0. The Morgan fingerprint density at radius 3 is 2.53 bits per heavy atom. The van der Waals surface area contributed by atoms with Gasteiger partial charge in [-0.3, -0.25) is 0 Å². The molecule has 0 atom stereocenters. The lowest BCUT2D eigenvalue weighted by atomic mass is 10.3. The second-order valence-corrected chi connectivity index (χ2v) is 7.09. The van der Waals surface area contributed by atoms with Gasteiger partial charge in [0, 0.05) is 30.5 Å². The number of hydrogen-bond acceptors (Lipinski definition) is 4. The van der Waals surface area contributed by atoms with E-state index in [9.17, 15) is 12.8 Å². The minimum Gasteiger partial charge on any atom is -0.492 e. The maximum absolute atomic E-state index is 13.6. The van der Waals surface area contributed by atoms with Crippen LogP contribution in [0.25, 0.3) is 0 Å². The average Bonchev–Trinajstić information content (AvgIpc) is 2.31. The van der Waals surface area contributed by atoms with Gasteiger partial charge in [-0.1, -0.05) is 0 Å². The first-order valence-electron chi connectivity index (χ1n) is 5.41. The van der Waals surface area contributed by atoms with Gasteiger partial charge < -0.3 is 9.47 Å². The standard InChI is InChI=1S/C11H13BrClFO4S/c1-17-4-2-3-5-18-10-7-9(14)11(6-8(10)12)19(13,15)16/h6-7H,2-5H2,1H3. The average molecular weight is 376 g/mol. The van der Waals surface area contributed by atoms with Gasteiger partial charge in [-0.05, 0) is 34.8 Å². The van der Waals surface area contributed by atoms with E-state index >= 15 is 0 Å². The third-order valence-electron chi connectivity index (χ3n) is 2.25. The number of halogens is 3. The Labute approximate surface area is 124 Å². The van der Waals surface area contributed by atoms with Gasteiger partial charge in [-0.2, -0.15) is 0 Å². The topological polar surface area (TPSA) is 52.6 Å². The molecule has 108 valence electrons. The van der Waals surface area contributed by atoms with Crippen molar-refractivity contribution in [2.45, 2.75) is 17.7 Å². The molecule has 0 unspecified atom stereocenters. The zero-order valence-electron chi connectivity index (χ0n) is 10.2. The molecular weight excluding hydrogens is 363 g/mol. The van der Waals surface area contributed by atoms with Crippen LogP contribution in [-0.2, 0) is 13.8 Å². The molecule has 0 heterocycles. The van der Waals surface area contributed by atoms with Gasteiger partial charge in [0.25, 0.3) is 9.05 Å². The summed E-state index contributed by atoms with van der Waals surface area (Å²) in [4.78, 5) is -0.576. The molecule has 19 heavy (non-hydrogen) atoms. The zero-order valence-corrected chi connectivity index (χ0v) is 13.3. The Hall–Kier alpha value is -0.370. The van der Waals surface area contributed by atoms with Crippen molar-refractivity contribution in [1.29, 1.82) is 0 Å². The Morgan fingerprint density at radius 2 is 1.95 bits per heavy atom. The normalized spacial score (nSPS) is 11.6. The fourth-order valence-corrected chi connectivity index (χ4v) is 2.85. The van der Waals surface area contributed by atoms with Crippen LogP contribution < -0.4 is 4.74 Å². The molecule has 0 aliphatic rings. The maximum Gasteiger partial charge on any atom is 0.264 e. The molecule has 0 amide bonds. The number of methoxy groups -OCH3 is 1. The predicted molar refractivity (Wildman–Crippen MR) is 73.7 cm³/mol. The van der Waals surface area contributed by atoms with Gasteiger partial charge in [-0.15, -0.1) is 0 Å². The molecule has 1 aromatic carbocycles. The highest BCUT2D eigenvalue weighted by molar-refractivity contribution is 9.10. The number of unbranched alkanes of at least 4 members (excludes halogenated alkanes) is 1. The summed E-state index contributed by atoms with van der Waals surface area (Å²) in [6, 6.07) is 2.08. The monoisotopic (exact) mass is 374 g/mol.